The Labute approximate surface area is 135 Å². The maximum atomic E-state index is 12.2. The van der Waals surface area contributed by atoms with Gasteiger partial charge in [0.25, 0.3) is 0 Å². The van der Waals surface area contributed by atoms with Crippen LogP contribution in [0.3, 0.4) is 0 Å². The summed E-state index contributed by atoms with van der Waals surface area (Å²) in [6.45, 7) is 3.06. The Balaban J connectivity index is 1.69. The zero-order chi connectivity index (χ0) is 16.2. The van der Waals surface area contributed by atoms with Gasteiger partial charge in [0, 0.05) is 5.69 Å². The summed E-state index contributed by atoms with van der Waals surface area (Å²) in [4.78, 5) is 12.2. The van der Waals surface area contributed by atoms with Crippen LogP contribution >= 0.6 is 0 Å². The van der Waals surface area contributed by atoms with Gasteiger partial charge in [0.1, 0.15) is 19.0 Å². The number of rotatable bonds is 4. The topological polar surface area (TPSA) is 56.8 Å². The van der Waals surface area contributed by atoms with Crippen molar-refractivity contribution in [3.05, 3.63) is 47.5 Å². The summed E-state index contributed by atoms with van der Waals surface area (Å²) >= 11 is 0. The molecule has 0 fully saturated rings. The summed E-state index contributed by atoms with van der Waals surface area (Å²) in [7, 11) is 1.61. The number of benzene rings is 2. The molecular formula is C18H19NO4. The second kappa shape index (κ2) is 6.60. The van der Waals surface area contributed by atoms with E-state index in [1.165, 1.54) is 0 Å². The van der Waals surface area contributed by atoms with Gasteiger partial charge in [0.2, 0.25) is 5.91 Å². The lowest BCUT2D eigenvalue weighted by Crippen LogP contribution is -2.18. The van der Waals surface area contributed by atoms with Gasteiger partial charge in [-0.3, -0.25) is 4.79 Å². The van der Waals surface area contributed by atoms with Gasteiger partial charge in [-0.2, -0.15) is 0 Å². The third kappa shape index (κ3) is 3.56. The smallest absolute Gasteiger partial charge is 0.228 e. The number of ether oxygens (including phenoxy) is 3. The van der Waals surface area contributed by atoms with Crippen LogP contribution in [0, 0.1) is 6.92 Å². The van der Waals surface area contributed by atoms with Crippen LogP contribution in [0.15, 0.2) is 36.4 Å². The van der Waals surface area contributed by atoms with Crippen molar-refractivity contribution < 1.29 is 19.0 Å². The number of anilines is 1. The first kappa shape index (κ1) is 15.2. The zero-order valence-electron chi connectivity index (χ0n) is 13.2. The predicted octanol–water partition coefficient (Wildman–Crippen LogP) is 2.96. The van der Waals surface area contributed by atoms with Crippen molar-refractivity contribution in [1.82, 2.24) is 0 Å². The average molecular weight is 313 g/mol. The molecule has 5 heteroatoms. The van der Waals surface area contributed by atoms with Crippen LogP contribution in [0.25, 0.3) is 0 Å². The lowest BCUT2D eigenvalue weighted by atomic mass is 10.0. The summed E-state index contributed by atoms with van der Waals surface area (Å²) in [5.74, 6) is 2.13. The zero-order valence-corrected chi connectivity index (χ0v) is 13.2. The first-order chi connectivity index (χ1) is 11.2. The Bertz CT molecular complexity index is 710. The number of carbonyl (C=O) groups excluding carboxylic acids is 1. The molecule has 5 nitrogen and oxygen atoms in total. The summed E-state index contributed by atoms with van der Waals surface area (Å²) in [6, 6.07) is 11.1. The Morgan fingerprint density at radius 3 is 2.43 bits per heavy atom. The standard InChI is InChI=1S/C18H19NO4/c1-12-9-16-17(23-8-7-22-16)10-13(12)11-18(20)19-14-3-5-15(21-2)6-4-14/h3-6,9-10H,7-8,11H2,1-2H3,(H,19,20). The van der Waals surface area contributed by atoms with E-state index >= 15 is 0 Å². The fraction of sp³-hybridized carbons (Fsp3) is 0.278. The Morgan fingerprint density at radius 2 is 1.78 bits per heavy atom. The van der Waals surface area contributed by atoms with Gasteiger partial charge in [-0.05, 0) is 54.4 Å². The number of hydrogen-bond donors (Lipinski definition) is 1. The molecule has 0 atom stereocenters. The third-order valence-electron chi connectivity index (χ3n) is 3.73. The molecule has 2 aromatic rings. The molecule has 1 N–H and O–H groups in total. The fourth-order valence-corrected chi connectivity index (χ4v) is 2.48. The van der Waals surface area contributed by atoms with Gasteiger partial charge in [0.15, 0.2) is 11.5 Å². The minimum atomic E-state index is -0.0741. The molecule has 23 heavy (non-hydrogen) atoms. The quantitative estimate of drug-likeness (QED) is 0.943. The van der Waals surface area contributed by atoms with Gasteiger partial charge in [0.05, 0.1) is 13.5 Å². The SMILES string of the molecule is COc1ccc(NC(=O)Cc2cc3c(cc2C)OCCO3)cc1. The van der Waals surface area contributed by atoms with E-state index in [-0.39, 0.29) is 12.3 Å². The van der Waals surface area contributed by atoms with Crippen LogP contribution in [-0.4, -0.2) is 26.2 Å². The lowest BCUT2D eigenvalue weighted by Gasteiger charge is -2.20. The molecule has 0 spiro atoms. The van der Waals surface area contributed by atoms with Gasteiger partial charge in [-0.15, -0.1) is 0 Å². The van der Waals surface area contributed by atoms with E-state index in [4.69, 9.17) is 14.2 Å². The van der Waals surface area contributed by atoms with Gasteiger partial charge >= 0.3 is 0 Å². The van der Waals surface area contributed by atoms with Crippen molar-refractivity contribution in [2.75, 3.05) is 25.6 Å². The predicted molar refractivity (Wildman–Crippen MR) is 87.5 cm³/mol. The number of aryl methyl sites for hydroxylation is 1. The number of carbonyl (C=O) groups is 1. The number of fused-ring (bicyclic) bond motifs is 1. The molecular weight excluding hydrogens is 294 g/mol. The number of nitrogens with one attached hydrogen (secondary N) is 1. The Hall–Kier alpha value is -2.69. The van der Waals surface area contributed by atoms with Crippen LogP contribution in [-0.2, 0) is 11.2 Å². The molecule has 1 aliphatic rings. The van der Waals surface area contributed by atoms with E-state index in [2.05, 4.69) is 5.32 Å². The molecule has 2 aromatic carbocycles. The van der Waals surface area contributed by atoms with Crippen molar-refractivity contribution in [2.24, 2.45) is 0 Å². The molecule has 1 amide bonds. The fourth-order valence-electron chi connectivity index (χ4n) is 2.48. The van der Waals surface area contributed by atoms with Crippen LogP contribution < -0.4 is 19.5 Å². The monoisotopic (exact) mass is 313 g/mol. The molecule has 0 radical (unpaired) electrons. The maximum Gasteiger partial charge on any atom is 0.228 e. The van der Waals surface area contributed by atoms with E-state index in [0.717, 1.165) is 28.3 Å². The molecule has 0 saturated heterocycles. The first-order valence-corrected chi connectivity index (χ1v) is 7.49. The largest absolute Gasteiger partial charge is 0.497 e. The van der Waals surface area contributed by atoms with E-state index in [9.17, 15) is 4.79 Å². The van der Waals surface area contributed by atoms with E-state index in [1.54, 1.807) is 7.11 Å². The lowest BCUT2D eigenvalue weighted by molar-refractivity contribution is -0.115. The molecule has 0 aliphatic carbocycles. The summed E-state index contributed by atoms with van der Waals surface area (Å²) in [5.41, 5.74) is 2.69. The Kier molecular flexibility index (Phi) is 4.37. The second-order valence-corrected chi connectivity index (χ2v) is 5.38. The van der Waals surface area contributed by atoms with Crippen LogP contribution in [0.2, 0.25) is 0 Å². The molecule has 0 aromatic heterocycles. The van der Waals surface area contributed by atoms with Crippen molar-refractivity contribution in [3.8, 4) is 17.2 Å². The summed E-state index contributed by atoms with van der Waals surface area (Å²) in [5, 5.41) is 2.88. The molecule has 0 unspecified atom stereocenters. The molecule has 0 bridgehead atoms. The molecule has 120 valence electrons. The maximum absolute atomic E-state index is 12.2. The molecule has 1 aliphatic heterocycles. The van der Waals surface area contributed by atoms with E-state index < -0.39 is 0 Å². The second-order valence-electron chi connectivity index (χ2n) is 5.38. The molecule has 0 saturated carbocycles. The van der Waals surface area contributed by atoms with Gasteiger partial charge in [-0.1, -0.05) is 0 Å². The normalized spacial score (nSPS) is 12.6. The number of methoxy groups -OCH3 is 1. The van der Waals surface area contributed by atoms with Gasteiger partial charge < -0.3 is 19.5 Å². The van der Waals surface area contributed by atoms with Crippen LogP contribution in [0.5, 0.6) is 17.2 Å². The summed E-state index contributed by atoms with van der Waals surface area (Å²) in [6.07, 6.45) is 0.286. The van der Waals surface area contributed by atoms with Gasteiger partial charge in [-0.25, -0.2) is 0 Å². The Morgan fingerprint density at radius 1 is 1.13 bits per heavy atom. The highest BCUT2D eigenvalue weighted by Crippen LogP contribution is 2.33. The number of hydrogen-bond acceptors (Lipinski definition) is 4. The molecule has 3 rings (SSSR count). The highest BCUT2D eigenvalue weighted by molar-refractivity contribution is 5.92. The average Bonchev–Trinajstić information content (AvgIpc) is 2.56. The van der Waals surface area contributed by atoms with E-state index in [1.807, 2.05) is 43.3 Å². The van der Waals surface area contributed by atoms with Crippen LogP contribution in [0.1, 0.15) is 11.1 Å². The van der Waals surface area contributed by atoms with Crippen molar-refractivity contribution in [1.29, 1.82) is 0 Å². The van der Waals surface area contributed by atoms with E-state index in [0.29, 0.717) is 19.0 Å². The van der Waals surface area contributed by atoms with Crippen LogP contribution in [0.4, 0.5) is 5.69 Å². The number of amides is 1. The highest BCUT2D eigenvalue weighted by Gasteiger charge is 2.15. The first-order valence-electron chi connectivity index (χ1n) is 7.49. The van der Waals surface area contributed by atoms with Crippen molar-refractivity contribution in [3.63, 3.8) is 0 Å². The van der Waals surface area contributed by atoms with Crippen molar-refractivity contribution >= 4 is 11.6 Å². The summed E-state index contributed by atoms with van der Waals surface area (Å²) < 4.78 is 16.2. The van der Waals surface area contributed by atoms with Crippen molar-refractivity contribution in [2.45, 2.75) is 13.3 Å². The minimum Gasteiger partial charge on any atom is -0.497 e. The molecule has 1 heterocycles. The third-order valence-corrected chi connectivity index (χ3v) is 3.73. The highest BCUT2D eigenvalue weighted by atomic mass is 16.6. The minimum absolute atomic E-state index is 0.0741.